The topological polar surface area (TPSA) is 0 Å². The summed E-state index contributed by atoms with van der Waals surface area (Å²) in [6, 6.07) is 8.82. The van der Waals surface area contributed by atoms with Gasteiger partial charge in [-0.25, -0.2) is 0 Å². The van der Waals surface area contributed by atoms with Crippen LogP contribution in [0.25, 0.3) is 5.57 Å². The molecule has 0 heterocycles. The Bertz CT molecular complexity index is 321. The molecule has 0 aromatic heterocycles. The van der Waals surface area contributed by atoms with E-state index in [9.17, 15) is 0 Å². The highest BCUT2D eigenvalue weighted by Crippen LogP contribution is 2.28. The van der Waals surface area contributed by atoms with E-state index in [2.05, 4.69) is 37.3 Å². The third kappa shape index (κ3) is 1.67. The Balaban J connectivity index is 2.48. The van der Waals surface area contributed by atoms with Crippen molar-refractivity contribution in [3.8, 4) is 0 Å². The standard InChI is InChI=1S/C13H16/c1-2-11-7-3-4-8-12-9-5-6-10-13(11)12/h2,5-6,9-10H,3-4,7-8H2,1H3/b11-2+. The molecule has 0 heteroatoms. The Kier molecular flexibility index (Phi) is 2.49. The highest BCUT2D eigenvalue weighted by atomic mass is 14.1. The molecule has 0 saturated heterocycles. The van der Waals surface area contributed by atoms with Gasteiger partial charge in [-0.2, -0.15) is 0 Å². The summed E-state index contributed by atoms with van der Waals surface area (Å²) in [4.78, 5) is 0. The van der Waals surface area contributed by atoms with Crippen LogP contribution >= 0.6 is 0 Å². The average molecular weight is 172 g/mol. The zero-order valence-corrected chi connectivity index (χ0v) is 8.22. The fourth-order valence-corrected chi connectivity index (χ4v) is 2.12. The van der Waals surface area contributed by atoms with Gasteiger partial charge in [0.15, 0.2) is 0 Å². The van der Waals surface area contributed by atoms with Crippen LogP contribution in [0.2, 0.25) is 0 Å². The summed E-state index contributed by atoms with van der Waals surface area (Å²) in [6.45, 7) is 2.15. The molecule has 0 spiro atoms. The van der Waals surface area contributed by atoms with Crippen LogP contribution in [0.4, 0.5) is 0 Å². The van der Waals surface area contributed by atoms with Crippen molar-refractivity contribution in [3.05, 3.63) is 41.5 Å². The van der Waals surface area contributed by atoms with Gasteiger partial charge in [0.25, 0.3) is 0 Å². The predicted octanol–water partition coefficient (Wildman–Crippen LogP) is 3.82. The molecule has 0 nitrogen and oxygen atoms in total. The molecule has 2 rings (SSSR count). The summed E-state index contributed by atoms with van der Waals surface area (Å²) in [5, 5.41) is 0. The second-order valence-corrected chi connectivity index (χ2v) is 3.68. The molecule has 0 bridgehead atoms. The van der Waals surface area contributed by atoms with Gasteiger partial charge in [0.05, 0.1) is 0 Å². The fraction of sp³-hybridized carbons (Fsp3) is 0.385. The normalized spacial score (nSPS) is 19.6. The predicted molar refractivity (Wildman–Crippen MR) is 57.6 cm³/mol. The van der Waals surface area contributed by atoms with Crippen molar-refractivity contribution in [3.63, 3.8) is 0 Å². The molecule has 13 heavy (non-hydrogen) atoms. The van der Waals surface area contributed by atoms with Crippen molar-refractivity contribution in [1.82, 2.24) is 0 Å². The molecule has 0 saturated carbocycles. The van der Waals surface area contributed by atoms with Crippen molar-refractivity contribution in [2.45, 2.75) is 32.6 Å². The first-order chi connectivity index (χ1) is 6.42. The van der Waals surface area contributed by atoms with Crippen molar-refractivity contribution in [1.29, 1.82) is 0 Å². The minimum Gasteiger partial charge on any atom is -0.0838 e. The monoisotopic (exact) mass is 172 g/mol. The van der Waals surface area contributed by atoms with E-state index in [4.69, 9.17) is 0 Å². The van der Waals surface area contributed by atoms with Crippen molar-refractivity contribution in [2.24, 2.45) is 0 Å². The first kappa shape index (κ1) is 8.55. The summed E-state index contributed by atoms with van der Waals surface area (Å²) in [6.07, 6.45) is 7.47. The maximum Gasteiger partial charge on any atom is -0.0196 e. The SMILES string of the molecule is C/C=C1\CCCCc2ccccc21. The molecular weight excluding hydrogens is 156 g/mol. The van der Waals surface area contributed by atoms with Gasteiger partial charge in [0, 0.05) is 0 Å². The number of rotatable bonds is 0. The number of aryl methyl sites for hydroxylation is 1. The van der Waals surface area contributed by atoms with E-state index >= 15 is 0 Å². The van der Waals surface area contributed by atoms with Gasteiger partial charge in [-0.3, -0.25) is 0 Å². The Morgan fingerprint density at radius 1 is 1.08 bits per heavy atom. The van der Waals surface area contributed by atoms with E-state index in [-0.39, 0.29) is 0 Å². The quantitative estimate of drug-likeness (QED) is 0.522. The van der Waals surface area contributed by atoms with Crippen LogP contribution in [0, 0.1) is 0 Å². The van der Waals surface area contributed by atoms with Crippen molar-refractivity contribution in [2.75, 3.05) is 0 Å². The third-order valence-electron chi connectivity index (χ3n) is 2.85. The lowest BCUT2D eigenvalue weighted by Crippen LogP contribution is -1.88. The van der Waals surface area contributed by atoms with Gasteiger partial charge in [-0.05, 0) is 49.3 Å². The molecule has 0 atom stereocenters. The van der Waals surface area contributed by atoms with Crippen LogP contribution in [0.3, 0.4) is 0 Å². The fourth-order valence-electron chi connectivity index (χ4n) is 2.12. The number of benzene rings is 1. The average Bonchev–Trinajstić information content (AvgIpc) is 2.39. The van der Waals surface area contributed by atoms with Gasteiger partial charge in [0.2, 0.25) is 0 Å². The van der Waals surface area contributed by atoms with E-state index in [0.717, 1.165) is 0 Å². The minimum absolute atomic E-state index is 1.26. The maximum absolute atomic E-state index is 2.27. The molecule has 1 aliphatic carbocycles. The van der Waals surface area contributed by atoms with Gasteiger partial charge < -0.3 is 0 Å². The first-order valence-electron chi connectivity index (χ1n) is 5.15. The molecule has 0 amide bonds. The largest absolute Gasteiger partial charge is 0.0838 e. The summed E-state index contributed by atoms with van der Waals surface area (Å²) >= 11 is 0. The maximum atomic E-state index is 2.27. The molecule has 0 unspecified atom stereocenters. The lowest BCUT2D eigenvalue weighted by atomic mass is 9.99. The Labute approximate surface area is 80.3 Å². The van der Waals surface area contributed by atoms with Gasteiger partial charge in [-0.15, -0.1) is 0 Å². The summed E-state index contributed by atoms with van der Waals surface area (Å²) in [7, 11) is 0. The molecule has 0 fully saturated rings. The second-order valence-electron chi connectivity index (χ2n) is 3.68. The number of allylic oxidation sites excluding steroid dienone is 2. The van der Waals surface area contributed by atoms with E-state index in [1.165, 1.54) is 42.4 Å². The second kappa shape index (κ2) is 3.78. The smallest absolute Gasteiger partial charge is 0.0196 e. The minimum atomic E-state index is 1.26. The molecule has 68 valence electrons. The number of fused-ring (bicyclic) bond motifs is 1. The molecular formula is C13H16. The molecule has 1 aromatic carbocycles. The lowest BCUT2D eigenvalue weighted by Gasteiger charge is -2.07. The summed E-state index contributed by atoms with van der Waals surface area (Å²) in [5.41, 5.74) is 4.56. The zero-order valence-electron chi connectivity index (χ0n) is 8.22. The van der Waals surface area contributed by atoms with Crippen LogP contribution in [0.5, 0.6) is 0 Å². The van der Waals surface area contributed by atoms with Crippen LogP contribution < -0.4 is 0 Å². The van der Waals surface area contributed by atoms with Crippen LogP contribution in [0.1, 0.15) is 37.3 Å². The Morgan fingerprint density at radius 3 is 2.69 bits per heavy atom. The van der Waals surface area contributed by atoms with Crippen molar-refractivity contribution >= 4 is 5.57 Å². The number of hydrogen-bond acceptors (Lipinski definition) is 0. The van der Waals surface area contributed by atoms with Gasteiger partial charge >= 0.3 is 0 Å². The van der Waals surface area contributed by atoms with Gasteiger partial charge in [0.1, 0.15) is 0 Å². The molecule has 1 aliphatic rings. The van der Waals surface area contributed by atoms with E-state index in [1.807, 2.05) is 0 Å². The molecule has 0 N–H and O–H groups in total. The summed E-state index contributed by atoms with van der Waals surface area (Å²) < 4.78 is 0. The number of hydrogen-bond donors (Lipinski definition) is 0. The highest BCUT2D eigenvalue weighted by Gasteiger charge is 2.10. The van der Waals surface area contributed by atoms with Crippen molar-refractivity contribution < 1.29 is 0 Å². The summed E-state index contributed by atoms with van der Waals surface area (Å²) in [5.74, 6) is 0. The molecule has 1 aromatic rings. The van der Waals surface area contributed by atoms with Gasteiger partial charge in [-0.1, -0.05) is 30.3 Å². The van der Waals surface area contributed by atoms with E-state index < -0.39 is 0 Å². The molecule has 0 aliphatic heterocycles. The van der Waals surface area contributed by atoms with Crippen LogP contribution in [0.15, 0.2) is 30.3 Å². The first-order valence-corrected chi connectivity index (χ1v) is 5.15. The van der Waals surface area contributed by atoms with E-state index in [1.54, 1.807) is 0 Å². The third-order valence-corrected chi connectivity index (χ3v) is 2.85. The van der Waals surface area contributed by atoms with Crippen LogP contribution in [-0.4, -0.2) is 0 Å². The Morgan fingerprint density at radius 2 is 1.85 bits per heavy atom. The zero-order chi connectivity index (χ0) is 9.10. The van der Waals surface area contributed by atoms with E-state index in [0.29, 0.717) is 0 Å². The lowest BCUT2D eigenvalue weighted by molar-refractivity contribution is 0.771. The molecule has 0 radical (unpaired) electrons. The van der Waals surface area contributed by atoms with Crippen LogP contribution in [-0.2, 0) is 6.42 Å². The highest BCUT2D eigenvalue weighted by molar-refractivity contribution is 5.68. The Hall–Kier alpha value is -1.04.